The number of hydrogen-bond acceptors (Lipinski definition) is 33. The molecule has 0 heterocycles. The van der Waals surface area contributed by atoms with Crippen LogP contribution in [0.25, 0.3) is 0 Å². The summed E-state index contributed by atoms with van der Waals surface area (Å²) >= 11 is 29.3. The summed E-state index contributed by atoms with van der Waals surface area (Å²) in [6.07, 6.45) is -1.78. The average molecular weight is 2490 g/mol. The number of carbonyl (C=O) groups excluding carboxylic acids is 16. The minimum Gasteiger partial charge on any atom is -0.464 e. The number of ether oxygens (including phenoxy) is 17. The van der Waals surface area contributed by atoms with Crippen LogP contribution in [0.3, 0.4) is 0 Å². The van der Waals surface area contributed by atoms with E-state index in [9.17, 15) is 76.7 Å². The van der Waals surface area contributed by atoms with Crippen LogP contribution in [0.2, 0.25) is 0 Å². The van der Waals surface area contributed by atoms with Gasteiger partial charge in [0.15, 0.2) is 0 Å². The van der Waals surface area contributed by atoms with Crippen LogP contribution >= 0.6 is 143 Å². The van der Waals surface area contributed by atoms with Gasteiger partial charge in [-0.1, -0.05) is 143 Å². The van der Waals surface area contributed by atoms with Gasteiger partial charge in [-0.05, 0) is 145 Å². The standard InChI is InChI=1S/C84H136Br9N7O33/c1-71(2,3)133-70(116)97-28-29-117-30-31-118-32-33-119-34-35-120-42-81(39-98-55(101)22-25-94-58(104)36-121-43-82(46-124-61(107)72(4,5)85,47-125-62(108)73(6,7)86)48-126-63(109)74(8,9)87,40-99-56(102)23-26-95-59(105)37-122-44-83(49-127-64(110)75(10,11)88,50-128-65(111)76(12,13)89)51-129-66(112)77(14,15)90)41-100-57(103)24-27-96-60(106)38-123-45-84(52-130-67(113)78(16,17)91,53-131-68(114)79(18,19)92)54-132-69(115)80(20,21)93/h22-54H2,1-21H3,(H,94,104)(H,95,105)(H,96,106)(H,97,116)(H,98,101)(H,99,102)(H,100,103). The second-order valence-electron chi connectivity index (χ2n) is 36.9. The van der Waals surface area contributed by atoms with Gasteiger partial charge in [0.25, 0.3) is 0 Å². The second-order valence-corrected chi connectivity index (χ2v) is 54.7. The van der Waals surface area contributed by atoms with Crippen molar-refractivity contribution in [2.24, 2.45) is 21.7 Å². The molecule has 0 radical (unpaired) electrons. The van der Waals surface area contributed by atoms with Crippen molar-refractivity contribution in [1.29, 1.82) is 0 Å². The van der Waals surface area contributed by atoms with Gasteiger partial charge in [-0.2, -0.15) is 0 Å². The molecule has 7 N–H and O–H groups in total. The molecule has 0 aliphatic rings. The zero-order valence-corrected chi connectivity index (χ0v) is 94.0. The molecule has 0 aromatic carbocycles. The van der Waals surface area contributed by atoms with Crippen LogP contribution in [0.5, 0.6) is 0 Å². The Morgan fingerprint density at radius 1 is 0.203 bits per heavy atom. The van der Waals surface area contributed by atoms with Gasteiger partial charge in [-0.15, -0.1) is 0 Å². The number of carbonyl (C=O) groups is 16. The highest BCUT2D eigenvalue weighted by molar-refractivity contribution is 9.11. The Labute approximate surface area is 854 Å². The Bertz CT molecular complexity index is 3210. The monoisotopic (exact) mass is 2480 g/mol. The van der Waals surface area contributed by atoms with Crippen LogP contribution in [-0.4, -0.2) is 338 Å². The van der Waals surface area contributed by atoms with E-state index in [1.54, 1.807) is 20.8 Å². The smallest absolute Gasteiger partial charge is 0.407 e. The molecule has 133 heavy (non-hydrogen) atoms. The van der Waals surface area contributed by atoms with Crippen molar-refractivity contribution in [2.75, 3.05) is 198 Å². The third kappa shape index (κ3) is 59.5. The molecule has 768 valence electrons. The van der Waals surface area contributed by atoms with Crippen molar-refractivity contribution in [3.63, 3.8) is 0 Å². The number of alkyl carbamates (subject to hydrolysis) is 1. The maximum atomic E-state index is 14.1. The Kier molecular flexibility index (Phi) is 57.7. The van der Waals surface area contributed by atoms with Gasteiger partial charge in [-0.25, -0.2) is 4.79 Å². The molecule has 0 aliphatic carbocycles. The lowest BCUT2D eigenvalue weighted by Crippen LogP contribution is -2.54. The first-order valence-electron chi connectivity index (χ1n) is 42.1. The van der Waals surface area contributed by atoms with Crippen LogP contribution in [0, 0.1) is 21.7 Å². The van der Waals surface area contributed by atoms with Gasteiger partial charge in [-0.3, -0.25) is 71.9 Å². The van der Waals surface area contributed by atoms with Gasteiger partial charge < -0.3 is 118 Å². The molecular formula is C84H136Br9N7O33. The molecule has 0 rings (SSSR count). The molecule has 0 aliphatic heterocycles. The number of halogens is 9. The maximum absolute atomic E-state index is 14.1. The van der Waals surface area contributed by atoms with Gasteiger partial charge in [0.05, 0.1) is 88.9 Å². The molecule has 0 fully saturated rings. The van der Waals surface area contributed by atoms with E-state index in [4.69, 9.17) is 80.5 Å². The molecule has 0 bridgehead atoms. The molecule has 40 nitrogen and oxygen atoms in total. The largest absolute Gasteiger partial charge is 0.464 e. The topological polar surface area (TPSA) is 514 Å². The van der Waals surface area contributed by atoms with Crippen molar-refractivity contribution in [3.05, 3.63) is 0 Å². The minimum atomic E-state index is -1.60. The fourth-order valence-electron chi connectivity index (χ4n) is 9.39. The average Bonchev–Trinajstić information content (AvgIpc) is 0.858. The highest BCUT2D eigenvalue weighted by Gasteiger charge is 2.46. The highest BCUT2D eigenvalue weighted by Crippen LogP contribution is 2.33. The lowest BCUT2D eigenvalue weighted by atomic mass is 9.88. The molecule has 0 aromatic rings. The van der Waals surface area contributed by atoms with Crippen molar-refractivity contribution >= 4 is 239 Å². The Balaban J connectivity index is 7.55. The molecule has 0 spiro atoms. The lowest BCUT2D eigenvalue weighted by Gasteiger charge is -2.34. The summed E-state index contributed by atoms with van der Waals surface area (Å²) in [6.45, 7) is 22.7. The highest BCUT2D eigenvalue weighted by atomic mass is 79.9. The maximum Gasteiger partial charge on any atom is 0.407 e. The summed E-state index contributed by atoms with van der Waals surface area (Å²) in [5.74, 6) is -11.0. The van der Waals surface area contributed by atoms with E-state index in [0.29, 0.717) is 0 Å². The van der Waals surface area contributed by atoms with E-state index in [1.165, 1.54) is 125 Å². The predicted molar refractivity (Wildman–Crippen MR) is 517 cm³/mol. The summed E-state index contributed by atoms with van der Waals surface area (Å²) < 4.78 is 85.8. The number of nitrogens with one attached hydrogen (secondary N) is 7. The number of rotatable bonds is 68. The van der Waals surface area contributed by atoms with Gasteiger partial charge in [0, 0.05) is 70.5 Å². The van der Waals surface area contributed by atoms with Crippen LogP contribution in [0.1, 0.15) is 165 Å². The van der Waals surface area contributed by atoms with Gasteiger partial charge in [0.1, 0.15) is 124 Å². The van der Waals surface area contributed by atoms with Crippen molar-refractivity contribution in [1.82, 2.24) is 37.2 Å². The summed E-state index contributed by atoms with van der Waals surface area (Å²) in [7, 11) is 0. The fraction of sp³-hybridized carbons (Fsp3) is 0.810. The molecule has 0 unspecified atom stereocenters. The number of esters is 9. The SMILES string of the molecule is CC(C)(C)OC(=O)NCCOCCOCCOCCOCC(CNC(=O)CCNC(=O)COCC(COC(=O)C(C)(C)Br)(COC(=O)C(C)(C)Br)COC(=O)C(C)(C)Br)(CNC(=O)CCNC(=O)COCC(COC(=O)C(C)(C)Br)(COC(=O)C(C)(C)Br)COC(=O)C(C)(C)Br)CNC(=O)CCNC(=O)COCC(COC(=O)C(C)(C)Br)(COC(=O)C(C)(C)Br)COC(=O)C(C)(C)Br. The minimum absolute atomic E-state index is 0.0327. The van der Waals surface area contributed by atoms with E-state index in [2.05, 4.69) is 181 Å². The molecule has 0 aromatic heterocycles. The second kappa shape index (κ2) is 59.8. The first kappa shape index (κ1) is 128. The summed E-state index contributed by atoms with van der Waals surface area (Å²) in [5, 5.41) is 18.7. The van der Waals surface area contributed by atoms with Crippen LogP contribution in [-0.2, 0) is 152 Å². The number of alkyl halides is 9. The van der Waals surface area contributed by atoms with E-state index in [0.717, 1.165) is 0 Å². The van der Waals surface area contributed by atoms with E-state index in [1.807, 2.05) is 0 Å². The summed E-state index contributed by atoms with van der Waals surface area (Å²) in [6, 6.07) is 0. The molecule has 0 saturated heterocycles. The first-order chi connectivity index (χ1) is 60.7. The Morgan fingerprint density at radius 3 is 0.586 bits per heavy atom. The van der Waals surface area contributed by atoms with E-state index < -0.39 is 280 Å². The molecule has 0 atom stereocenters. The Hall–Kier alpha value is -4.64. The first-order valence-corrected chi connectivity index (χ1v) is 49.2. The Morgan fingerprint density at radius 2 is 0.391 bits per heavy atom. The number of amides is 7. The summed E-state index contributed by atoms with van der Waals surface area (Å²) in [5.41, 5.74) is -6.97. The van der Waals surface area contributed by atoms with Crippen LogP contribution < -0.4 is 37.2 Å². The van der Waals surface area contributed by atoms with Crippen molar-refractivity contribution in [2.45, 2.75) is 209 Å². The summed E-state index contributed by atoms with van der Waals surface area (Å²) in [4.78, 5) is 213. The molecular weight excluding hydrogens is 2350 g/mol. The third-order valence-electron chi connectivity index (χ3n) is 17.3. The van der Waals surface area contributed by atoms with Crippen LogP contribution in [0.4, 0.5) is 4.79 Å². The third-order valence-corrected chi connectivity index (χ3v) is 20.2. The zero-order chi connectivity index (χ0) is 103. The van der Waals surface area contributed by atoms with Crippen molar-refractivity contribution < 1.29 is 157 Å². The van der Waals surface area contributed by atoms with Gasteiger partial charge in [0.2, 0.25) is 35.4 Å². The van der Waals surface area contributed by atoms with E-state index >= 15 is 0 Å². The van der Waals surface area contributed by atoms with Gasteiger partial charge >= 0.3 is 59.8 Å². The quantitative estimate of drug-likeness (QED) is 0.0132. The van der Waals surface area contributed by atoms with Crippen molar-refractivity contribution in [3.8, 4) is 0 Å². The lowest BCUT2D eigenvalue weighted by molar-refractivity contribution is -0.172. The normalized spacial score (nSPS) is 12.8. The number of hydrogen-bond donors (Lipinski definition) is 7. The van der Waals surface area contributed by atoms with E-state index in [-0.39, 0.29) is 98.7 Å². The molecule has 49 heteroatoms. The van der Waals surface area contributed by atoms with Crippen LogP contribution in [0.15, 0.2) is 0 Å². The fourth-order valence-corrected chi connectivity index (χ4v) is 10.4. The molecule has 7 amide bonds. The molecule has 0 saturated carbocycles. The predicted octanol–water partition coefficient (Wildman–Crippen LogP) is 7.89. The zero-order valence-electron chi connectivity index (χ0n) is 79.7.